The van der Waals surface area contributed by atoms with E-state index >= 15 is 0 Å². The van der Waals surface area contributed by atoms with Gasteiger partial charge < -0.3 is 4.90 Å². The number of aromatic nitrogens is 2. The molecule has 0 aliphatic carbocycles. The van der Waals surface area contributed by atoms with Crippen molar-refractivity contribution in [3.63, 3.8) is 0 Å². The highest BCUT2D eigenvalue weighted by molar-refractivity contribution is 5.10. The van der Waals surface area contributed by atoms with Crippen LogP contribution in [0.5, 0.6) is 0 Å². The lowest BCUT2D eigenvalue weighted by atomic mass is 9.89. The molecule has 3 rings (SSSR count). The van der Waals surface area contributed by atoms with Gasteiger partial charge in [-0.25, -0.2) is 0 Å². The van der Waals surface area contributed by atoms with Crippen LogP contribution < -0.4 is 0 Å². The second kappa shape index (κ2) is 3.31. The SMILES string of the molecule is c1cnc([C@H]2CN3CCC[C@H]2C3)cn1. The molecule has 2 fully saturated rings. The molecule has 3 nitrogen and oxygen atoms in total. The van der Waals surface area contributed by atoms with Gasteiger partial charge in [0.25, 0.3) is 0 Å². The molecule has 74 valence electrons. The van der Waals surface area contributed by atoms with Crippen molar-refractivity contribution in [1.29, 1.82) is 0 Å². The topological polar surface area (TPSA) is 29.0 Å². The van der Waals surface area contributed by atoms with Crippen molar-refractivity contribution in [3.05, 3.63) is 24.3 Å². The van der Waals surface area contributed by atoms with E-state index in [-0.39, 0.29) is 0 Å². The number of piperidine rings is 1. The summed E-state index contributed by atoms with van der Waals surface area (Å²) in [6.45, 7) is 3.76. The summed E-state index contributed by atoms with van der Waals surface area (Å²) in [5.74, 6) is 1.48. The summed E-state index contributed by atoms with van der Waals surface area (Å²) in [6.07, 6.45) is 8.24. The quantitative estimate of drug-likeness (QED) is 0.666. The van der Waals surface area contributed by atoms with Crippen molar-refractivity contribution in [2.75, 3.05) is 19.6 Å². The lowest BCUT2D eigenvalue weighted by Gasteiger charge is -2.21. The molecule has 2 saturated heterocycles. The van der Waals surface area contributed by atoms with E-state index in [0.29, 0.717) is 5.92 Å². The van der Waals surface area contributed by atoms with Crippen LogP contribution in [0.3, 0.4) is 0 Å². The maximum absolute atomic E-state index is 4.43. The molecule has 0 aromatic carbocycles. The molecule has 3 heteroatoms. The third-order valence-electron chi connectivity index (χ3n) is 3.53. The van der Waals surface area contributed by atoms with E-state index in [0.717, 1.165) is 5.92 Å². The van der Waals surface area contributed by atoms with Crippen LogP contribution >= 0.6 is 0 Å². The van der Waals surface area contributed by atoms with E-state index < -0.39 is 0 Å². The third kappa shape index (κ3) is 1.32. The van der Waals surface area contributed by atoms with E-state index in [1.54, 1.807) is 6.20 Å². The summed E-state index contributed by atoms with van der Waals surface area (Å²) < 4.78 is 0. The van der Waals surface area contributed by atoms with Crippen molar-refractivity contribution >= 4 is 0 Å². The van der Waals surface area contributed by atoms with Crippen LogP contribution in [0.25, 0.3) is 0 Å². The fourth-order valence-electron chi connectivity index (χ4n) is 2.85. The molecule has 3 heterocycles. The third-order valence-corrected chi connectivity index (χ3v) is 3.53. The Morgan fingerprint density at radius 1 is 1.29 bits per heavy atom. The smallest absolute Gasteiger partial charge is 0.0633 e. The normalized spacial score (nSPS) is 35.9. The van der Waals surface area contributed by atoms with Gasteiger partial charge in [0, 0.05) is 37.6 Å². The van der Waals surface area contributed by atoms with Crippen molar-refractivity contribution in [2.45, 2.75) is 18.8 Å². The molecular weight excluding hydrogens is 174 g/mol. The highest BCUT2D eigenvalue weighted by Crippen LogP contribution is 2.37. The first kappa shape index (κ1) is 8.36. The van der Waals surface area contributed by atoms with Gasteiger partial charge in [-0.15, -0.1) is 0 Å². The Hall–Kier alpha value is -0.960. The van der Waals surface area contributed by atoms with E-state index in [9.17, 15) is 0 Å². The second-order valence-corrected chi connectivity index (χ2v) is 4.40. The lowest BCUT2D eigenvalue weighted by Crippen LogP contribution is -2.25. The average molecular weight is 189 g/mol. The monoisotopic (exact) mass is 189 g/mol. The van der Waals surface area contributed by atoms with Gasteiger partial charge in [-0.3, -0.25) is 9.97 Å². The van der Waals surface area contributed by atoms with Crippen LogP contribution in [0, 0.1) is 5.92 Å². The summed E-state index contributed by atoms with van der Waals surface area (Å²) in [5.41, 5.74) is 1.20. The van der Waals surface area contributed by atoms with Crippen LogP contribution in [-0.4, -0.2) is 34.5 Å². The molecule has 1 aromatic rings. The van der Waals surface area contributed by atoms with E-state index in [1.165, 1.54) is 38.2 Å². The molecular formula is C11H15N3. The minimum Gasteiger partial charge on any atom is -0.302 e. The van der Waals surface area contributed by atoms with Crippen LogP contribution in [0.15, 0.2) is 18.6 Å². The Balaban J connectivity index is 1.86. The molecule has 2 aliphatic heterocycles. The summed E-state index contributed by atoms with van der Waals surface area (Å²) in [4.78, 5) is 11.2. The number of fused-ring (bicyclic) bond motifs is 2. The largest absolute Gasteiger partial charge is 0.302 e. The van der Waals surface area contributed by atoms with Gasteiger partial charge >= 0.3 is 0 Å². The van der Waals surface area contributed by atoms with Gasteiger partial charge in [-0.1, -0.05) is 0 Å². The minimum absolute atomic E-state index is 0.645. The lowest BCUT2D eigenvalue weighted by molar-refractivity contribution is 0.269. The molecule has 2 aliphatic rings. The fraction of sp³-hybridized carbons (Fsp3) is 0.636. The Bertz CT molecular complexity index is 312. The van der Waals surface area contributed by atoms with Crippen LogP contribution in [-0.2, 0) is 0 Å². The molecule has 3 atom stereocenters. The first-order chi connectivity index (χ1) is 6.93. The highest BCUT2D eigenvalue weighted by atomic mass is 15.2. The van der Waals surface area contributed by atoms with Crippen molar-refractivity contribution < 1.29 is 0 Å². The zero-order valence-corrected chi connectivity index (χ0v) is 8.26. The summed E-state index contributed by atoms with van der Waals surface area (Å²) in [7, 11) is 0. The Labute approximate surface area is 84.2 Å². The molecule has 0 saturated carbocycles. The van der Waals surface area contributed by atoms with Gasteiger partial charge in [-0.05, 0) is 25.3 Å². The standard InChI is InChI=1S/C11H15N3/c1-2-9-7-14(5-1)8-10(9)11-6-12-3-4-13-11/h3-4,6,9-10H,1-2,5,7-8H2/t9-,10-/m0/s1. The van der Waals surface area contributed by atoms with Crippen molar-refractivity contribution in [3.8, 4) is 0 Å². The van der Waals surface area contributed by atoms with Crippen LogP contribution in [0.1, 0.15) is 24.5 Å². The summed E-state index contributed by atoms with van der Waals surface area (Å²) in [6, 6.07) is 0. The van der Waals surface area contributed by atoms with Crippen LogP contribution in [0.4, 0.5) is 0 Å². The van der Waals surface area contributed by atoms with E-state index in [1.807, 2.05) is 12.4 Å². The number of nitrogens with zero attached hydrogens (tertiary/aromatic N) is 3. The van der Waals surface area contributed by atoms with Crippen LogP contribution in [0.2, 0.25) is 0 Å². The molecule has 0 amide bonds. The Kier molecular flexibility index (Phi) is 1.98. The maximum atomic E-state index is 4.43. The predicted octanol–water partition coefficient (Wildman–Crippen LogP) is 1.29. The molecule has 1 aromatic heterocycles. The van der Waals surface area contributed by atoms with E-state index in [2.05, 4.69) is 14.9 Å². The summed E-state index contributed by atoms with van der Waals surface area (Å²) in [5, 5.41) is 0. The second-order valence-electron chi connectivity index (χ2n) is 4.40. The molecule has 0 spiro atoms. The first-order valence-electron chi connectivity index (χ1n) is 5.42. The zero-order chi connectivity index (χ0) is 9.38. The zero-order valence-electron chi connectivity index (χ0n) is 8.26. The van der Waals surface area contributed by atoms with Gasteiger partial charge in [0.05, 0.1) is 5.69 Å². The van der Waals surface area contributed by atoms with Gasteiger partial charge in [0.2, 0.25) is 0 Å². The molecule has 1 unspecified atom stereocenters. The number of hydrogen-bond acceptors (Lipinski definition) is 3. The van der Waals surface area contributed by atoms with Gasteiger partial charge in [0.1, 0.15) is 0 Å². The summed E-state index contributed by atoms with van der Waals surface area (Å²) >= 11 is 0. The maximum Gasteiger partial charge on any atom is 0.0633 e. The average Bonchev–Trinajstić information content (AvgIpc) is 2.55. The van der Waals surface area contributed by atoms with Crippen molar-refractivity contribution in [1.82, 2.24) is 14.9 Å². The van der Waals surface area contributed by atoms with E-state index in [4.69, 9.17) is 0 Å². The predicted molar refractivity (Wildman–Crippen MR) is 53.9 cm³/mol. The molecule has 2 bridgehead atoms. The number of hydrogen-bond donors (Lipinski definition) is 0. The molecule has 14 heavy (non-hydrogen) atoms. The van der Waals surface area contributed by atoms with Gasteiger partial charge in [0.15, 0.2) is 0 Å². The first-order valence-corrected chi connectivity index (χ1v) is 5.42. The van der Waals surface area contributed by atoms with Gasteiger partial charge in [-0.2, -0.15) is 0 Å². The fourth-order valence-corrected chi connectivity index (χ4v) is 2.85. The number of rotatable bonds is 1. The highest BCUT2D eigenvalue weighted by Gasteiger charge is 2.36. The molecule has 0 radical (unpaired) electrons. The Morgan fingerprint density at radius 2 is 2.29 bits per heavy atom. The van der Waals surface area contributed by atoms with Crippen molar-refractivity contribution in [2.24, 2.45) is 5.92 Å². The Morgan fingerprint density at radius 3 is 3.07 bits per heavy atom. The molecule has 0 N–H and O–H groups in total. The minimum atomic E-state index is 0.645.